The van der Waals surface area contributed by atoms with Crippen molar-refractivity contribution >= 4 is 29.9 Å². The van der Waals surface area contributed by atoms with Gasteiger partial charge in [-0.25, -0.2) is 9.97 Å². The Balaban J connectivity index is 0.00000225. The number of benzene rings is 1. The Morgan fingerprint density at radius 1 is 0.929 bits per heavy atom. The monoisotopic (exact) mass is 398 g/mol. The van der Waals surface area contributed by atoms with Gasteiger partial charge in [0, 0.05) is 51.0 Å². The molecule has 2 aromatic heterocycles. The van der Waals surface area contributed by atoms with Gasteiger partial charge in [0.25, 0.3) is 0 Å². The molecule has 0 radical (unpaired) electrons. The van der Waals surface area contributed by atoms with E-state index in [-0.39, 0.29) is 18.3 Å². The molecule has 0 unspecified atom stereocenters. The average molecular weight is 399 g/mol. The summed E-state index contributed by atoms with van der Waals surface area (Å²) in [6.45, 7) is 3.63. The van der Waals surface area contributed by atoms with E-state index in [0.29, 0.717) is 6.54 Å². The highest BCUT2D eigenvalue weighted by molar-refractivity contribution is 5.94. The third kappa shape index (κ3) is 4.68. The maximum absolute atomic E-state index is 12.6. The van der Waals surface area contributed by atoms with Gasteiger partial charge < -0.3 is 14.8 Å². The lowest BCUT2D eigenvalue weighted by Crippen LogP contribution is -2.49. The first-order valence-electron chi connectivity index (χ1n) is 9.06. The van der Waals surface area contributed by atoms with Gasteiger partial charge in [-0.1, -0.05) is 12.1 Å². The average Bonchev–Trinajstić information content (AvgIpc) is 3.24. The molecule has 0 bridgehead atoms. The summed E-state index contributed by atoms with van der Waals surface area (Å²) in [5.74, 6) is 0.751. The van der Waals surface area contributed by atoms with Crippen LogP contribution in [-0.2, 0) is 4.79 Å². The number of nitrogens with one attached hydrogen (secondary N) is 1. The van der Waals surface area contributed by atoms with Gasteiger partial charge in [-0.3, -0.25) is 9.69 Å². The van der Waals surface area contributed by atoms with Gasteiger partial charge in [-0.2, -0.15) is 0 Å². The van der Waals surface area contributed by atoms with Crippen molar-refractivity contribution < 1.29 is 4.79 Å². The van der Waals surface area contributed by atoms with Crippen LogP contribution in [0.1, 0.15) is 0 Å². The third-order valence-electron chi connectivity index (χ3n) is 4.64. The lowest BCUT2D eigenvalue weighted by atomic mass is 10.2. The van der Waals surface area contributed by atoms with E-state index >= 15 is 0 Å². The molecule has 8 heteroatoms. The minimum atomic E-state index is -0.000910. The Labute approximate surface area is 170 Å². The smallest absolute Gasteiger partial charge is 0.238 e. The fourth-order valence-corrected chi connectivity index (χ4v) is 3.25. The molecule has 3 aromatic rings. The second-order valence-electron chi connectivity index (χ2n) is 6.47. The molecule has 28 heavy (non-hydrogen) atoms. The molecule has 146 valence electrons. The fourth-order valence-electron chi connectivity index (χ4n) is 3.25. The molecular weight excluding hydrogens is 376 g/mol. The summed E-state index contributed by atoms with van der Waals surface area (Å²) in [6.07, 6.45) is 7.44. The van der Waals surface area contributed by atoms with Crippen LogP contribution >= 0.6 is 12.4 Å². The Bertz CT molecular complexity index is 879. The third-order valence-corrected chi connectivity index (χ3v) is 4.64. The van der Waals surface area contributed by atoms with Crippen LogP contribution in [0.2, 0.25) is 0 Å². The minimum absolute atomic E-state index is 0. The highest BCUT2D eigenvalue weighted by Gasteiger charge is 2.20. The van der Waals surface area contributed by atoms with Crippen molar-refractivity contribution in [2.24, 2.45) is 0 Å². The van der Waals surface area contributed by atoms with E-state index in [1.807, 2.05) is 59.4 Å². The number of hydrogen-bond donors (Lipinski definition) is 1. The van der Waals surface area contributed by atoms with E-state index in [0.717, 1.165) is 43.5 Å². The fraction of sp³-hybridized carbons (Fsp3) is 0.250. The van der Waals surface area contributed by atoms with Crippen LogP contribution in [0.4, 0.5) is 11.6 Å². The molecule has 4 rings (SSSR count). The number of para-hydroxylation sites is 2. The molecule has 1 amide bonds. The van der Waals surface area contributed by atoms with Crippen molar-refractivity contribution in [1.82, 2.24) is 19.4 Å². The van der Waals surface area contributed by atoms with Crippen molar-refractivity contribution in [3.63, 3.8) is 0 Å². The first kappa shape index (κ1) is 19.9. The Morgan fingerprint density at radius 2 is 1.61 bits per heavy atom. The maximum atomic E-state index is 12.6. The quantitative estimate of drug-likeness (QED) is 0.715. The Morgan fingerprint density at radius 3 is 2.32 bits per heavy atom. The van der Waals surface area contributed by atoms with Crippen LogP contribution in [0.25, 0.3) is 5.69 Å². The summed E-state index contributed by atoms with van der Waals surface area (Å²) in [5, 5.41) is 3.05. The molecule has 0 aliphatic carbocycles. The number of carbonyl (C=O) groups is 1. The van der Waals surface area contributed by atoms with Gasteiger partial charge in [0.1, 0.15) is 0 Å². The van der Waals surface area contributed by atoms with Crippen LogP contribution in [0, 0.1) is 0 Å². The van der Waals surface area contributed by atoms with Crippen LogP contribution in [0.5, 0.6) is 0 Å². The van der Waals surface area contributed by atoms with Crippen molar-refractivity contribution in [2.45, 2.75) is 0 Å². The molecule has 1 saturated heterocycles. The van der Waals surface area contributed by atoms with Crippen molar-refractivity contribution in [3.05, 3.63) is 67.3 Å². The molecule has 7 nitrogen and oxygen atoms in total. The molecule has 0 saturated carbocycles. The summed E-state index contributed by atoms with van der Waals surface area (Å²) < 4.78 is 1.99. The Hall–Kier alpha value is -2.90. The molecule has 1 aliphatic heterocycles. The first-order chi connectivity index (χ1) is 13.3. The number of halogens is 1. The first-order valence-corrected chi connectivity index (χ1v) is 9.06. The van der Waals surface area contributed by atoms with E-state index in [1.165, 1.54) is 0 Å². The number of anilines is 2. The van der Waals surface area contributed by atoms with E-state index in [1.54, 1.807) is 12.4 Å². The molecule has 0 spiro atoms. The zero-order chi connectivity index (χ0) is 18.5. The van der Waals surface area contributed by atoms with Crippen molar-refractivity contribution in [3.8, 4) is 5.69 Å². The van der Waals surface area contributed by atoms with Crippen LogP contribution in [0.3, 0.4) is 0 Å². The lowest BCUT2D eigenvalue weighted by Gasteiger charge is -2.34. The standard InChI is InChI=1S/C20H22N6O.ClH/c27-19(23-17-6-1-2-7-18(17)25-10-3-4-11-25)16-24-12-14-26(15-13-24)20-21-8-5-9-22-20;/h1-11H,12-16H2,(H,23,27);1H. The Kier molecular flexibility index (Phi) is 6.62. The molecule has 3 heterocycles. The predicted octanol–water partition coefficient (Wildman–Crippen LogP) is 2.45. The minimum Gasteiger partial charge on any atom is -0.338 e. The number of piperazine rings is 1. The van der Waals surface area contributed by atoms with E-state index in [9.17, 15) is 4.79 Å². The predicted molar refractivity (Wildman–Crippen MR) is 112 cm³/mol. The second-order valence-corrected chi connectivity index (χ2v) is 6.47. The summed E-state index contributed by atoms with van der Waals surface area (Å²) in [5.41, 5.74) is 1.77. The lowest BCUT2D eigenvalue weighted by molar-refractivity contribution is -0.117. The van der Waals surface area contributed by atoms with Crippen molar-refractivity contribution in [2.75, 3.05) is 42.9 Å². The number of nitrogens with zero attached hydrogens (tertiary/aromatic N) is 5. The maximum Gasteiger partial charge on any atom is 0.238 e. The molecule has 1 fully saturated rings. The van der Waals surface area contributed by atoms with E-state index < -0.39 is 0 Å². The summed E-state index contributed by atoms with van der Waals surface area (Å²) in [7, 11) is 0. The van der Waals surface area contributed by atoms with Gasteiger partial charge in [-0.15, -0.1) is 12.4 Å². The normalized spacial score (nSPS) is 14.4. The molecule has 0 atom stereocenters. The molecule has 1 N–H and O–H groups in total. The number of carbonyl (C=O) groups excluding carboxylic acids is 1. The highest BCUT2D eigenvalue weighted by atomic mass is 35.5. The molecule has 1 aliphatic rings. The van der Waals surface area contributed by atoms with Gasteiger partial charge >= 0.3 is 0 Å². The van der Waals surface area contributed by atoms with Crippen molar-refractivity contribution in [1.29, 1.82) is 0 Å². The summed E-state index contributed by atoms with van der Waals surface area (Å²) in [6, 6.07) is 13.6. The topological polar surface area (TPSA) is 66.3 Å². The highest BCUT2D eigenvalue weighted by Crippen LogP contribution is 2.20. The summed E-state index contributed by atoms with van der Waals surface area (Å²) >= 11 is 0. The number of rotatable bonds is 5. The number of hydrogen-bond acceptors (Lipinski definition) is 5. The van der Waals surface area contributed by atoms with Gasteiger partial charge in [-0.05, 0) is 30.3 Å². The second kappa shape index (κ2) is 9.34. The SMILES string of the molecule is Cl.O=C(CN1CCN(c2ncccn2)CC1)Nc1ccccc1-n1cccc1. The van der Waals surface area contributed by atoms with E-state index in [2.05, 4.69) is 25.1 Å². The number of aromatic nitrogens is 3. The van der Waals surface area contributed by atoms with E-state index in [4.69, 9.17) is 0 Å². The van der Waals surface area contributed by atoms with Gasteiger partial charge in [0.2, 0.25) is 11.9 Å². The number of amides is 1. The van der Waals surface area contributed by atoms with Gasteiger partial charge in [0.05, 0.1) is 17.9 Å². The molecular formula is C20H23ClN6O. The zero-order valence-electron chi connectivity index (χ0n) is 15.4. The summed E-state index contributed by atoms with van der Waals surface area (Å²) in [4.78, 5) is 25.4. The zero-order valence-corrected chi connectivity index (χ0v) is 16.3. The largest absolute Gasteiger partial charge is 0.338 e. The van der Waals surface area contributed by atoms with Crippen LogP contribution in [0.15, 0.2) is 67.3 Å². The molecule has 1 aromatic carbocycles. The van der Waals surface area contributed by atoms with Crippen LogP contribution < -0.4 is 10.2 Å². The van der Waals surface area contributed by atoms with Gasteiger partial charge in [0.15, 0.2) is 0 Å². The van der Waals surface area contributed by atoms with Crippen LogP contribution in [-0.4, -0.2) is 58.1 Å².